The van der Waals surface area contributed by atoms with Crippen molar-refractivity contribution in [3.63, 3.8) is 0 Å². The van der Waals surface area contributed by atoms with Crippen LogP contribution in [0.1, 0.15) is 47.0 Å². The minimum atomic E-state index is -0.193. The quantitative estimate of drug-likeness (QED) is 0.584. The minimum Gasteiger partial charge on any atom is -0.465 e. The summed E-state index contributed by atoms with van der Waals surface area (Å²) in [6.45, 7) is 13.0. The van der Waals surface area contributed by atoms with E-state index in [4.69, 9.17) is 9.47 Å². The van der Waals surface area contributed by atoms with E-state index in [0.717, 1.165) is 6.54 Å². The lowest BCUT2D eigenvalue weighted by atomic mass is 9.56. The van der Waals surface area contributed by atoms with Crippen molar-refractivity contribution in [3.05, 3.63) is 11.6 Å². The van der Waals surface area contributed by atoms with Gasteiger partial charge in [-0.05, 0) is 44.7 Å². The highest BCUT2D eigenvalue weighted by atomic mass is 16.5. The maximum absolute atomic E-state index is 11.4. The largest absolute Gasteiger partial charge is 0.465 e. The number of piperidine rings is 1. The Morgan fingerprint density at radius 2 is 2.04 bits per heavy atom. The van der Waals surface area contributed by atoms with Crippen molar-refractivity contribution in [1.29, 1.82) is 0 Å². The van der Waals surface area contributed by atoms with E-state index in [2.05, 4.69) is 31.7 Å². The Balaban J connectivity index is 1.77. The van der Waals surface area contributed by atoms with E-state index in [-0.39, 0.29) is 17.5 Å². The minimum absolute atomic E-state index is 0.0752. The first kappa shape index (κ1) is 17.9. The first-order valence-corrected chi connectivity index (χ1v) is 9.59. The van der Waals surface area contributed by atoms with E-state index in [1.165, 1.54) is 44.8 Å². The Bertz CT molecular complexity index is 497. The molecule has 3 aliphatic rings. The molecule has 24 heavy (non-hydrogen) atoms. The van der Waals surface area contributed by atoms with E-state index < -0.39 is 0 Å². The summed E-state index contributed by atoms with van der Waals surface area (Å²) >= 11 is 0. The summed E-state index contributed by atoms with van der Waals surface area (Å²) < 4.78 is 11.9. The molecule has 0 aromatic heterocycles. The Kier molecular flexibility index (Phi) is 5.36. The highest BCUT2D eigenvalue weighted by Gasteiger charge is 2.54. The van der Waals surface area contributed by atoms with Gasteiger partial charge in [0, 0.05) is 24.8 Å². The molecule has 0 spiro atoms. The SMILES string of the molecule is CC(=O)OC[C@]12CO[C@@H](CN3CCCCC3)[C@H](C(C)=C[C@H]1C)[C@@H]2C. The smallest absolute Gasteiger partial charge is 0.302 e. The van der Waals surface area contributed by atoms with Gasteiger partial charge >= 0.3 is 5.97 Å². The van der Waals surface area contributed by atoms with Gasteiger partial charge in [-0.3, -0.25) is 4.79 Å². The second-order valence-corrected chi connectivity index (χ2v) is 8.24. The zero-order valence-electron chi connectivity index (χ0n) is 15.7. The van der Waals surface area contributed by atoms with Crippen molar-refractivity contribution in [1.82, 2.24) is 4.90 Å². The number of hydrogen-bond acceptors (Lipinski definition) is 4. The van der Waals surface area contributed by atoms with Gasteiger partial charge in [0.2, 0.25) is 0 Å². The van der Waals surface area contributed by atoms with Gasteiger partial charge in [0.25, 0.3) is 0 Å². The van der Waals surface area contributed by atoms with Gasteiger partial charge in [-0.2, -0.15) is 0 Å². The fraction of sp³-hybridized carbons (Fsp3) is 0.850. The average Bonchev–Trinajstić information content (AvgIpc) is 2.54. The topological polar surface area (TPSA) is 38.8 Å². The summed E-state index contributed by atoms with van der Waals surface area (Å²) in [6, 6.07) is 0. The molecule has 0 N–H and O–H groups in total. The predicted molar refractivity (Wildman–Crippen MR) is 94.7 cm³/mol. The van der Waals surface area contributed by atoms with Crippen LogP contribution in [0.25, 0.3) is 0 Å². The molecule has 2 fully saturated rings. The molecule has 0 aromatic carbocycles. The molecular formula is C20H33NO3. The molecule has 0 amide bonds. The number of carbonyl (C=O) groups is 1. The van der Waals surface area contributed by atoms with Crippen LogP contribution in [0.3, 0.4) is 0 Å². The third kappa shape index (κ3) is 3.28. The zero-order valence-corrected chi connectivity index (χ0v) is 15.7. The van der Waals surface area contributed by atoms with Crippen LogP contribution >= 0.6 is 0 Å². The molecule has 0 aromatic rings. The van der Waals surface area contributed by atoms with E-state index in [1.807, 2.05) is 0 Å². The van der Waals surface area contributed by atoms with Crippen LogP contribution in [0.4, 0.5) is 0 Å². The fourth-order valence-corrected chi connectivity index (χ4v) is 5.19. The van der Waals surface area contributed by atoms with Gasteiger partial charge in [-0.15, -0.1) is 0 Å². The fourth-order valence-electron chi connectivity index (χ4n) is 5.19. The van der Waals surface area contributed by atoms with Crippen molar-refractivity contribution in [2.24, 2.45) is 23.2 Å². The second-order valence-electron chi connectivity index (χ2n) is 8.24. The molecule has 4 nitrogen and oxygen atoms in total. The molecule has 2 saturated heterocycles. The molecule has 2 aliphatic heterocycles. The van der Waals surface area contributed by atoms with Crippen LogP contribution in [-0.2, 0) is 14.3 Å². The third-order valence-corrected chi connectivity index (χ3v) is 6.79. The molecule has 136 valence electrons. The van der Waals surface area contributed by atoms with E-state index in [9.17, 15) is 4.79 Å². The molecule has 0 unspecified atom stereocenters. The number of likely N-dealkylation sites (tertiary alicyclic amines) is 1. The van der Waals surface area contributed by atoms with Gasteiger partial charge in [0.1, 0.15) is 0 Å². The lowest BCUT2D eigenvalue weighted by molar-refractivity contribution is -0.182. The lowest BCUT2D eigenvalue weighted by Crippen LogP contribution is -2.58. The first-order valence-electron chi connectivity index (χ1n) is 9.59. The van der Waals surface area contributed by atoms with Gasteiger partial charge in [0.15, 0.2) is 0 Å². The van der Waals surface area contributed by atoms with Crippen LogP contribution in [0.15, 0.2) is 11.6 Å². The van der Waals surface area contributed by atoms with Gasteiger partial charge in [-0.25, -0.2) is 0 Å². The van der Waals surface area contributed by atoms with Gasteiger partial charge in [-0.1, -0.05) is 31.9 Å². The van der Waals surface area contributed by atoms with E-state index >= 15 is 0 Å². The molecule has 4 heteroatoms. The molecule has 5 atom stereocenters. The van der Waals surface area contributed by atoms with Crippen LogP contribution < -0.4 is 0 Å². The van der Waals surface area contributed by atoms with Crippen molar-refractivity contribution in [2.45, 2.75) is 53.1 Å². The number of hydrogen-bond donors (Lipinski definition) is 0. The molecular weight excluding hydrogens is 302 g/mol. The zero-order chi connectivity index (χ0) is 17.3. The standard InChI is InChI=1S/C20H33NO3/c1-14-10-15(2)20(12-23-17(4)22)13-24-18(19(14)16(20)3)11-21-8-6-5-7-9-21/h10,15-16,18-19H,5-9,11-13H2,1-4H3/t15-,16+,18+,19-,20+/m1/s1. The first-order chi connectivity index (χ1) is 11.4. The maximum atomic E-state index is 11.4. The van der Waals surface area contributed by atoms with Crippen molar-refractivity contribution in [3.8, 4) is 0 Å². The highest BCUT2D eigenvalue weighted by Crippen LogP contribution is 2.52. The maximum Gasteiger partial charge on any atom is 0.302 e. The number of allylic oxidation sites excluding steroid dienone is 1. The summed E-state index contributed by atoms with van der Waals surface area (Å²) in [5, 5.41) is 0. The monoisotopic (exact) mass is 335 g/mol. The van der Waals surface area contributed by atoms with Crippen LogP contribution in [-0.4, -0.2) is 49.8 Å². The second kappa shape index (κ2) is 7.17. The molecule has 3 rings (SSSR count). The van der Waals surface area contributed by atoms with Crippen molar-refractivity contribution < 1.29 is 14.3 Å². The molecule has 0 saturated carbocycles. The van der Waals surface area contributed by atoms with Crippen LogP contribution in [0, 0.1) is 23.2 Å². The van der Waals surface area contributed by atoms with E-state index in [1.54, 1.807) is 0 Å². The van der Waals surface area contributed by atoms with Crippen LogP contribution in [0.5, 0.6) is 0 Å². The summed E-state index contributed by atoms with van der Waals surface area (Å²) in [7, 11) is 0. The number of rotatable bonds is 4. The summed E-state index contributed by atoms with van der Waals surface area (Å²) in [4.78, 5) is 13.9. The van der Waals surface area contributed by atoms with Gasteiger partial charge < -0.3 is 14.4 Å². The predicted octanol–water partition coefficient (Wildman–Crippen LogP) is 3.27. The Morgan fingerprint density at radius 1 is 1.33 bits per heavy atom. The third-order valence-electron chi connectivity index (χ3n) is 6.79. The highest BCUT2D eigenvalue weighted by molar-refractivity contribution is 5.65. The number of carbonyl (C=O) groups excluding carboxylic acids is 1. The average molecular weight is 335 g/mol. The van der Waals surface area contributed by atoms with Crippen molar-refractivity contribution in [2.75, 3.05) is 32.8 Å². The Morgan fingerprint density at radius 3 is 2.71 bits per heavy atom. The summed E-state index contributed by atoms with van der Waals surface area (Å²) in [5.74, 6) is 1.09. The van der Waals surface area contributed by atoms with E-state index in [0.29, 0.717) is 31.0 Å². The number of esters is 1. The molecule has 0 radical (unpaired) electrons. The Labute approximate surface area is 146 Å². The summed E-state index contributed by atoms with van der Waals surface area (Å²) in [6.07, 6.45) is 6.67. The van der Waals surface area contributed by atoms with Crippen molar-refractivity contribution >= 4 is 5.97 Å². The Hall–Kier alpha value is -0.870. The number of fused-ring (bicyclic) bond motifs is 2. The number of ether oxygens (including phenoxy) is 2. The van der Waals surface area contributed by atoms with Crippen LogP contribution in [0.2, 0.25) is 0 Å². The van der Waals surface area contributed by atoms with Gasteiger partial charge in [0.05, 0.1) is 19.3 Å². The normalized spacial score (nSPS) is 40.1. The number of nitrogens with zero attached hydrogens (tertiary/aromatic N) is 1. The lowest BCUT2D eigenvalue weighted by Gasteiger charge is -2.55. The molecule has 1 aliphatic carbocycles. The molecule has 2 heterocycles. The molecule has 2 bridgehead atoms. The summed E-state index contributed by atoms with van der Waals surface area (Å²) in [5.41, 5.74) is 1.38.